The number of nitrogens with one attached hydrogen (secondary N) is 1. The van der Waals surface area contributed by atoms with Crippen LogP contribution in [0.4, 0.5) is 5.69 Å². The van der Waals surface area contributed by atoms with Crippen LogP contribution in [0.5, 0.6) is 5.75 Å². The molecule has 31 heavy (non-hydrogen) atoms. The van der Waals surface area contributed by atoms with Crippen molar-refractivity contribution in [3.63, 3.8) is 0 Å². The fraction of sp³-hybridized carbons (Fsp3) is 0.364. The number of methoxy groups -OCH3 is 2. The topological polar surface area (TPSA) is 102 Å². The number of hydrogen-bond donors (Lipinski definition) is 1. The Balaban J connectivity index is 2.29. The lowest BCUT2D eigenvalue weighted by atomic mass is 10.1. The van der Waals surface area contributed by atoms with Crippen molar-refractivity contribution in [1.29, 1.82) is 0 Å². The minimum atomic E-state index is -3.96. The SMILES string of the molecule is COC(=O)CCN(CC(C)C)C(=O)c1cccc(S(=O)(=O)Nc2ccccc2OC)c1. The fourth-order valence-electron chi connectivity index (χ4n) is 2.96. The number of sulfonamides is 1. The van der Waals surface area contributed by atoms with Crippen LogP contribution in [-0.2, 0) is 19.6 Å². The minimum absolute atomic E-state index is 0.0540. The maximum atomic E-state index is 13.1. The standard InChI is InChI=1S/C22H28N2O6S/c1-16(2)15-24(13-12-21(25)30-4)22(26)17-8-7-9-18(14-17)31(27,28)23-19-10-5-6-11-20(19)29-3/h5-11,14,16,23H,12-13,15H2,1-4H3. The normalized spacial score (nSPS) is 11.1. The van der Waals surface area contributed by atoms with Gasteiger partial charge in [-0.15, -0.1) is 0 Å². The second-order valence-electron chi connectivity index (χ2n) is 7.30. The first-order valence-corrected chi connectivity index (χ1v) is 11.3. The molecule has 0 aromatic heterocycles. The molecule has 1 amide bonds. The van der Waals surface area contributed by atoms with Gasteiger partial charge in [0.15, 0.2) is 0 Å². The molecule has 0 saturated carbocycles. The van der Waals surface area contributed by atoms with Crippen LogP contribution in [-0.4, -0.2) is 52.5 Å². The predicted molar refractivity (Wildman–Crippen MR) is 118 cm³/mol. The maximum Gasteiger partial charge on any atom is 0.307 e. The van der Waals surface area contributed by atoms with E-state index in [1.165, 1.54) is 37.3 Å². The number of esters is 1. The Hall–Kier alpha value is -3.07. The van der Waals surface area contributed by atoms with Crippen LogP contribution in [0.2, 0.25) is 0 Å². The Morgan fingerprint density at radius 3 is 2.42 bits per heavy atom. The summed E-state index contributed by atoms with van der Waals surface area (Å²) in [7, 11) is -1.22. The van der Waals surface area contributed by atoms with Crippen molar-refractivity contribution in [3.05, 3.63) is 54.1 Å². The highest BCUT2D eigenvalue weighted by Gasteiger charge is 2.22. The number of hydrogen-bond acceptors (Lipinski definition) is 6. The summed E-state index contributed by atoms with van der Waals surface area (Å²) in [6, 6.07) is 12.4. The summed E-state index contributed by atoms with van der Waals surface area (Å²) in [4.78, 5) is 26.0. The zero-order valence-corrected chi connectivity index (χ0v) is 18.9. The van der Waals surface area contributed by atoms with Crippen molar-refractivity contribution >= 4 is 27.6 Å². The van der Waals surface area contributed by atoms with Gasteiger partial charge in [-0.1, -0.05) is 32.0 Å². The molecule has 0 aliphatic carbocycles. The van der Waals surface area contributed by atoms with E-state index in [0.717, 1.165) is 0 Å². The monoisotopic (exact) mass is 448 g/mol. The molecular formula is C22H28N2O6S. The minimum Gasteiger partial charge on any atom is -0.495 e. The summed E-state index contributed by atoms with van der Waals surface area (Å²) in [6.45, 7) is 4.51. The van der Waals surface area contributed by atoms with Gasteiger partial charge in [-0.25, -0.2) is 8.42 Å². The van der Waals surface area contributed by atoms with Crippen LogP contribution >= 0.6 is 0 Å². The molecule has 0 spiro atoms. The molecule has 9 heteroatoms. The van der Waals surface area contributed by atoms with Crippen molar-refractivity contribution in [2.75, 3.05) is 32.0 Å². The van der Waals surface area contributed by atoms with E-state index in [4.69, 9.17) is 4.74 Å². The number of para-hydroxylation sites is 2. The van der Waals surface area contributed by atoms with Gasteiger partial charge in [-0.2, -0.15) is 0 Å². The number of amides is 1. The highest BCUT2D eigenvalue weighted by Crippen LogP contribution is 2.26. The average molecular weight is 449 g/mol. The largest absolute Gasteiger partial charge is 0.495 e. The van der Waals surface area contributed by atoms with Gasteiger partial charge in [-0.3, -0.25) is 14.3 Å². The summed E-state index contributed by atoms with van der Waals surface area (Å²) in [5, 5.41) is 0. The molecule has 0 aliphatic heterocycles. The lowest BCUT2D eigenvalue weighted by Crippen LogP contribution is -2.36. The highest BCUT2D eigenvalue weighted by atomic mass is 32.2. The predicted octanol–water partition coefficient (Wildman–Crippen LogP) is 3.16. The van der Waals surface area contributed by atoms with Gasteiger partial charge in [-0.05, 0) is 36.2 Å². The highest BCUT2D eigenvalue weighted by molar-refractivity contribution is 7.92. The lowest BCUT2D eigenvalue weighted by molar-refractivity contribution is -0.140. The number of carbonyl (C=O) groups is 2. The van der Waals surface area contributed by atoms with Gasteiger partial charge in [0, 0.05) is 18.7 Å². The van der Waals surface area contributed by atoms with E-state index in [2.05, 4.69) is 9.46 Å². The van der Waals surface area contributed by atoms with E-state index in [0.29, 0.717) is 18.0 Å². The zero-order valence-electron chi connectivity index (χ0n) is 18.1. The average Bonchev–Trinajstić information content (AvgIpc) is 2.75. The fourth-order valence-corrected chi connectivity index (χ4v) is 4.07. The number of anilines is 1. The molecule has 0 unspecified atom stereocenters. The summed E-state index contributed by atoms with van der Waals surface area (Å²) in [5.41, 5.74) is 0.509. The number of nitrogens with zero attached hydrogens (tertiary/aromatic N) is 1. The third-order valence-electron chi connectivity index (χ3n) is 4.43. The van der Waals surface area contributed by atoms with Crippen molar-refractivity contribution in [2.24, 2.45) is 5.92 Å². The zero-order chi connectivity index (χ0) is 23.0. The molecule has 0 atom stereocenters. The smallest absolute Gasteiger partial charge is 0.307 e. The van der Waals surface area contributed by atoms with Crippen molar-refractivity contribution in [3.8, 4) is 5.75 Å². The maximum absolute atomic E-state index is 13.1. The summed E-state index contributed by atoms with van der Waals surface area (Å²) in [5.74, 6) is -0.226. The van der Waals surface area contributed by atoms with Crippen molar-refractivity contribution < 1.29 is 27.5 Å². The van der Waals surface area contributed by atoms with Gasteiger partial charge in [0.2, 0.25) is 0 Å². The van der Waals surface area contributed by atoms with Crippen LogP contribution in [0.15, 0.2) is 53.4 Å². The Kier molecular flexibility index (Phi) is 8.44. The summed E-state index contributed by atoms with van der Waals surface area (Å²) >= 11 is 0. The van der Waals surface area contributed by atoms with E-state index in [-0.39, 0.29) is 35.2 Å². The quantitative estimate of drug-likeness (QED) is 0.560. The molecule has 0 aliphatic rings. The van der Waals surface area contributed by atoms with Gasteiger partial charge in [0.25, 0.3) is 15.9 Å². The molecule has 8 nitrogen and oxygen atoms in total. The van der Waals surface area contributed by atoms with Crippen molar-refractivity contribution in [1.82, 2.24) is 4.90 Å². The molecule has 0 radical (unpaired) electrons. The van der Waals surface area contributed by atoms with Gasteiger partial charge in [0.05, 0.1) is 31.2 Å². The molecule has 0 saturated heterocycles. The number of benzene rings is 2. The van der Waals surface area contributed by atoms with E-state index in [1.807, 2.05) is 13.8 Å². The molecular weight excluding hydrogens is 420 g/mol. The van der Waals surface area contributed by atoms with Crippen LogP contribution in [0.1, 0.15) is 30.6 Å². The molecule has 1 N–H and O–H groups in total. The third-order valence-corrected chi connectivity index (χ3v) is 5.79. The molecule has 0 fully saturated rings. The number of ether oxygens (including phenoxy) is 2. The first-order chi connectivity index (χ1) is 14.7. The first kappa shape index (κ1) is 24.2. The van der Waals surface area contributed by atoms with E-state index >= 15 is 0 Å². The molecule has 0 heterocycles. The Morgan fingerprint density at radius 1 is 1.06 bits per heavy atom. The molecule has 2 aromatic carbocycles. The number of carbonyl (C=O) groups excluding carboxylic acids is 2. The molecule has 168 valence electrons. The molecule has 0 bridgehead atoms. The Morgan fingerprint density at radius 2 is 1.77 bits per heavy atom. The van der Waals surface area contributed by atoms with Crippen LogP contribution in [0.3, 0.4) is 0 Å². The van der Waals surface area contributed by atoms with Gasteiger partial charge in [0.1, 0.15) is 5.75 Å². The lowest BCUT2D eigenvalue weighted by Gasteiger charge is -2.24. The second kappa shape index (κ2) is 10.8. The Labute approximate surface area is 183 Å². The molecule has 2 aromatic rings. The van der Waals surface area contributed by atoms with Crippen LogP contribution in [0, 0.1) is 5.92 Å². The summed E-state index contributed by atoms with van der Waals surface area (Å²) < 4.78 is 38.1. The van der Waals surface area contributed by atoms with E-state index < -0.39 is 16.0 Å². The van der Waals surface area contributed by atoms with Crippen LogP contribution in [0.25, 0.3) is 0 Å². The van der Waals surface area contributed by atoms with E-state index in [9.17, 15) is 18.0 Å². The second-order valence-corrected chi connectivity index (χ2v) is 8.99. The Bertz CT molecular complexity index is 1020. The summed E-state index contributed by atoms with van der Waals surface area (Å²) in [6.07, 6.45) is 0.0578. The van der Waals surface area contributed by atoms with Gasteiger partial charge >= 0.3 is 5.97 Å². The first-order valence-electron chi connectivity index (χ1n) is 9.80. The van der Waals surface area contributed by atoms with E-state index in [1.54, 1.807) is 30.3 Å². The number of rotatable bonds is 10. The molecule has 2 rings (SSSR count). The van der Waals surface area contributed by atoms with Gasteiger partial charge < -0.3 is 14.4 Å². The third kappa shape index (κ3) is 6.71. The van der Waals surface area contributed by atoms with Crippen molar-refractivity contribution in [2.45, 2.75) is 25.2 Å². The van der Waals surface area contributed by atoms with Crippen LogP contribution < -0.4 is 9.46 Å².